The first-order valence-corrected chi connectivity index (χ1v) is 14.2. The van der Waals surface area contributed by atoms with E-state index in [4.69, 9.17) is 4.74 Å². The van der Waals surface area contributed by atoms with Crippen molar-refractivity contribution in [2.24, 2.45) is 5.92 Å². The zero-order chi connectivity index (χ0) is 25.1. The number of hydrogen-bond donors (Lipinski definition) is 2. The fourth-order valence-corrected chi connectivity index (χ4v) is 5.89. The second-order valence-corrected chi connectivity index (χ2v) is 11.5. The second-order valence-electron chi connectivity index (χ2n) is 9.83. The first-order valence-electron chi connectivity index (χ1n) is 12.7. The van der Waals surface area contributed by atoms with E-state index in [0.29, 0.717) is 30.6 Å². The molecule has 0 bridgehead atoms. The minimum Gasteiger partial charge on any atom is -0.616 e. The molecule has 2 aromatic carbocycles. The third kappa shape index (κ3) is 6.17. The third-order valence-electron chi connectivity index (χ3n) is 7.07. The smallest absolute Gasteiger partial charge is 0.258 e. The molecule has 1 aliphatic heterocycles. The molecule has 2 heterocycles. The van der Waals surface area contributed by atoms with Crippen molar-refractivity contribution in [2.45, 2.75) is 51.6 Å². The molecule has 6 nitrogen and oxygen atoms in total. The van der Waals surface area contributed by atoms with E-state index >= 15 is 0 Å². The zero-order valence-electron chi connectivity index (χ0n) is 20.5. The highest BCUT2D eigenvalue weighted by molar-refractivity contribution is 7.91. The van der Waals surface area contributed by atoms with Gasteiger partial charge in [-0.25, -0.2) is 4.39 Å². The van der Waals surface area contributed by atoms with Gasteiger partial charge in [0.1, 0.15) is 23.1 Å². The molecule has 1 saturated carbocycles. The van der Waals surface area contributed by atoms with Crippen LogP contribution in [0.3, 0.4) is 0 Å². The Labute approximate surface area is 214 Å². The molecule has 0 spiro atoms. The number of fused-ring (bicyclic) bond motifs is 1. The predicted molar refractivity (Wildman–Crippen MR) is 141 cm³/mol. The summed E-state index contributed by atoms with van der Waals surface area (Å²) in [5.41, 5.74) is 3.28. The maximum atomic E-state index is 14.7. The van der Waals surface area contributed by atoms with Gasteiger partial charge in [0.25, 0.3) is 5.91 Å². The second kappa shape index (κ2) is 11.2. The molecule has 1 aliphatic carbocycles. The van der Waals surface area contributed by atoms with Crippen molar-refractivity contribution in [3.05, 3.63) is 65.1 Å². The van der Waals surface area contributed by atoms with Gasteiger partial charge in [-0.1, -0.05) is 30.1 Å². The fraction of sp³-hybridized carbons (Fsp3) is 0.429. The van der Waals surface area contributed by atoms with Crippen LogP contribution in [0, 0.1) is 18.7 Å². The Hall–Kier alpha value is -2.68. The van der Waals surface area contributed by atoms with Gasteiger partial charge in [-0.3, -0.25) is 9.78 Å². The van der Waals surface area contributed by atoms with Crippen LogP contribution in [-0.2, 0) is 17.7 Å². The number of rotatable bonds is 9. The Morgan fingerprint density at radius 3 is 2.72 bits per heavy atom. The van der Waals surface area contributed by atoms with Crippen LogP contribution in [-0.4, -0.2) is 39.6 Å². The number of hydrogen-bond acceptors (Lipinski definition) is 5. The highest BCUT2D eigenvalue weighted by Crippen LogP contribution is 2.32. The topological polar surface area (TPSA) is 86.3 Å². The number of carbonyl (C=O) groups is 1. The van der Waals surface area contributed by atoms with Crippen LogP contribution in [0.15, 0.2) is 42.6 Å². The van der Waals surface area contributed by atoms with Crippen molar-refractivity contribution in [2.75, 3.05) is 23.4 Å². The lowest BCUT2D eigenvalue weighted by Crippen LogP contribution is -2.37. The standard InChI is InChI=1S/C28H32FN3O3S/c1-18-26(32-28(33)24-6-5-23(15-25(24)29)35-11-8-19-2-3-19)7-4-21-14-20(17-31-27(18)21)16-30-22-9-12-36(34)13-10-22/h4-7,14-15,17,19,22,30H,2-3,8-13,16H2,1H3,(H,32,33). The highest BCUT2D eigenvalue weighted by atomic mass is 32.2. The Bertz CT molecular complexity index is 1240. The Morgan fingerprint density at radius 2 is 1.97 bits per heavy atom. The van der Waals surface area contributed by atoms with Gasteiger partial charge in [0.15, 0.2) is 0 Å². The Kier molecular flexibility index (Phi) is 7.74. The molecule has 0 atom stereocenters. The predicted octanol–water partition coefficient (Wildman–Crippen LogP) is 5.11. The molecule has 2 N–H and O–H groups in total. The molecule has 190 valence electrons. The molecule has 1 saturated heterocycles. The van der Waals surface area contributed by atoms with Gasteiger partial charge in [0.05, 0.1) is 17.7 Å². The summed E-state index contributed by atoms with van der Waals surface area (Å²) in [5, 5.41) is 7.36. The lowest BCUT2D eigenvalue weighted by atomic mass is 10.1. The SMILES string of the molecule is Cc1c(NC(=O)c2ccc(OCCC3CC3)cc2F)ccc2cc(CNC3CC[S+]([O-])CC3)cnc12. The summed E-state index contributed by atoms with van der Waals surface area (Å²) in [6.45, 7) is 3.18. The number of carbonyl (C=O) groups excluding carboxylic acids is 1. The van der Waals surface area contributed by atoms with Crippen molar-refractivity contribution in [3.8, 4) is 5.75 Å². The van der Waals surface area contributed by atoms with Crippen molar-refractivity contribution in [1.29, 1.82) is 0 Å². The molecule has 2 aliphatic rings. The Balaban J connectivity index is 1.22. The average molecular weight is 510 g/mol. The van der Waals surface area contributed by atoms with Crippen molar-refractivity contribution >= 4 is 33.7 Å². The van der Waals surface area contributed by atoms with Crippen molar-refractivity contribution in [3.63, 3.8) is 0 Å². The summed E-state index contributed by atoms with van der Waals surface area (Å²) in [6.07, 6.45) is 7.21. The molecule has 36 heavy (non-hydrogen) atoms. The van der Waals surface area contributed by atoms with E-state index in [0.717, 1.165) is 58.7 Å². The van der Waals surface area contributed by atoms with Gasteiger partial charge >= 0.3 is 0 Å². The zero-order valence-corrected chi connectivity index (χ0v) is 21.3. The maximum Gasteiger partial charge on any atom is 0.258 e. The number of benzene rings is 2. The number of anilines is 1. The lowest BCUT2D eigenvalue weighted by molar-refractivity contribution is 0.102. The molecule has 5 rings (SSSR count). The lowest BCUT2D eigenvalue weighted by Gasteiger charge is -2.25. The third-order valence-corrected chi connectivity index (χ3v) is 8.45. The van der Waals surface area contributed by atoms with E-state index in [1.54, 1.807) is 6.07 Å². The van der Waals surface area contributed by atoms with Gasteiger partial charge in [-0.05, 0) is 54.7 Å². The van der Waals surface area contributed by atoms with E-state index in [-0.39, 0.29) is 5.56 Å². The maximum absolute atomic E-state index is 14.7. The molecule has 1 aromatic heterocycles. The number of ether oxygens (including phenoxy) is 1. The van der Waals surface area contributed by atoms with Crippen molar-refractivity contribution < 1.29 is 18.5 Å². The molecule has 1 amide bonds. The molecule has 0 radical (unpaired) electrons. The van der Waals surface area contributed by atoms with E-state index < -0.39 is 22.9 Å². The van der Waals surface area contributed by atoms with Crippen LogP contribution in [0.5, 0.6) is 5.75 Å². The van der Waals surface area contributed by atoms with E-state index in [2.05, 4.69) is 21.7 Å². The fourth-order valence-electron chi connectivity index (χ4n) is 4.60. The number of nitrogens with zero attached hydrogens (tertiary/aromatic N) is 1. The average Bonchev–Trinajstić information content (AvgIpc) is 3.70. The van der Waals surface area contributed by atoms with Crippen LogP contribution in [0.1, 0.15) is 53.6 Å². The number of halogens is 1. The van der Waals surface area contributed by atoms with Crippen LogP contribution < -0.4 is 15.4 Å². The number of aryl methyl sites for hydroxylation is 1. The molecule has 0 unspecified atom stereocenters. The van der Waals surface area contributed by atoms with Crippen LogP contribution in [0.2, 0.25) is 0 Å². The van der Waals surface area contributed by atoms with Gasteiger partial charge in [0.2, 0.25) is 0 Å². The van der Waals surface area contributed by atoms with Crippen LogP contribution in [0.25, 0.3) is 10.9 Å². The van der Waals surface area contributed by atoms with Gasteiger partial charge in [-0.15, -0.1) is 0 Å². The number of amides is 1. The van der Waals surface area contributed by atoms with Crippen LogP contribution in [0.4, 0.5) is 10.1 Å². The molecule has 2 fully saturated rings. The number of nitrogens with one attached hydrogen (secondary N) is 2. The summed E-state index contributed by atoms with van der Waals surface area (Å²) in [6, 6.07) is 10.6. The highest BCUT2D eigenvalue weighted by Gasteiger charge is 2.22. The first kappa shape index (κ1) is 25.0. The Morgan fingerprint density at radius 1 is 1.17 bits per heavy atom. The summed E-state index contributed by atoms with van der Waals surface area (Å²) >= 11 is -0.662. The first-order chi connectivity index (χ1) is 17.5. The molecular weight excluding hydrogens is 477 g/mol. The van der Waals surface area contributed by atoms with Gasteiger partial charge < -0.3 is 19.9 Å². The van der Waals surface area contributed by atoms with Crippen molar-refractivity contribution in [1.82, 2.24) is 10.3 Å². The van der Waals surface area contributed by atoms with E-state index in [9.17, 15) is 13.7 Å². The molecular formula is C28H32FN3O3S. The number of aromatic nitrogens is 1. The van der Waals surface area contributed by atoms with E-state index in [1.807, 2.05) is 25.3 Å². The van der Waals surface area contributed by atoms with Gasteiger partial charge in [-0.2, -0.15) is 0 Å². The summed E-state index contributed by atoms with van der Waals surface area (Å²) in [4.78, 5) is 17.5. The summed E-state index contributed by atoms with van der Waals surface area (Å²) in [7, 11) is 0. The minimum absolute atomic E-state index is 0.0232. The monoisotopic (exact) mass is 509 g/mol. The van der Waals surface area contributed by atoms with Gasteiger partial charge in [0, 0.05) is 48.8 Å². The summed E-state index contributed by atoms with van der Waals surface area (Å²) in [5.74, 6) is 1.62. The normalized spacial score (nSPS) is 19.9. The summed E-state index contributed by atoms with van der Waals surface area (Å²) < 4.78 is 31.8. The van der Waals surface area contributed by atoms with Crippen LogP contribution >= 0.6 is 0 Å². The molecule has 8 heteroatoms. The minimum atomic E-state index is -0.662. The quantitative estimate of drug-likeness (QED) is 0.391. The number of pyridine rings is 1. The largest absolute Gasteiger partial charge is 0.616 e. The molecule has 3 aromatic rings. The van der Waals surface area contributed by atoms with E-state index in [1.165, 1.54) is 25.0 Å².